The van der Waals surface area contributed by atoms with Crippen LogP contribution in [0.1, 0.15) is 41.2 Å². The van der Waals surface area contributed by atoms with Crippen LogP contribution in [0.25, 0.3) is 10.9 Å². The highest BCUT2D eigenvalue weighted by Gasteiger charge is 2.14. The van der Waals surface area contributed by atoms with Crippen LogP contribution >= 0.6 is 0 Å². The van der Waals surface area contributed by atoms with Crippen molar-refractivity contribution in [1.82, 2.24) is 9.66 Å². The molecule has 0 spiro atoms. The zero-order valence-corrected chi connectivity index (χ0v) is 19.3. The van der Waals surface area contributed by atoms with Crippen molar-refractivity contribution in [2.45, 2.75) is 27.2 Å². The smallest absolute Gasteiger partial charge is 0.343 e. The monoisotopic (exact) mass is 455 g/mol. The minimum Gasteiger partial charge on any atom is -0.490 e. The number of rotatable bonds is 7. The van der Waals surface area contributed by atoms with E-state index in [-0.39, 0.29) is 5.56 Å². The quantitative estimate of drug-likeness (QED) is 0.228. The summed E-state index contributed by atoms with van der Waals surface area (Å²) in [7, 11) is 0. The molecule has 34 heavy (non-hydrogen) atoms. The molecule has 0 saturated heterocycles. The van der Waals surface area contributed by atoms with Crippen molar-refractivity contribution in [1.29, 1.82) is 0 Å². The zero-order chi connectivity index (χ0) is 24.1. The lowest BCUT2D eigenvalue weighted by Gasteiger charge is -2.12. The Morgan fingerprint density at radius 1 is 1.03 bits per heavy atom. The molecular formula is C27H25N3O4. The maximum absolute atomic E-state index is 13.0. The minimum absolute atomic E-state index is 0.229. The number of esters is 1. The van der Waals surface area contributed by atoms with Crippen molar-refractivity contribution in [3.63, 3.8) is 0 Å². The second-order valence-electron chi connectivity index (χ2n) is 7.66. The lowest BCUT2D eigenvalue weighted by Crippen LogP contribution is -2.22. The van der Waals surface area contributed by atoms with Crippen LogP contribution in [-0.2, 0) is 6.42 Å². The van der Waals surface area contributed by atoms with E-state index in [0.717, 1.165) is 5.56 Å². The largest absolute Gasteiger partial charge is 0.490 e. The molecule has 0 aliphatic heterocycles. The number of aryl methyl sites for hydroxylation is 2. The minimum atomic E-state index is -0.465. The molecule has 4 aromatic rings. The van der Waals surface area contributed by atoms with Crippen LogP contribution < -0.4 is 15.0 Å². The number of fused-ring (bicyclic) bond motifs is 1. The lowest BCUT2D eigenvalue weighted by molar-refractivity contribution is 0.0728. The molecule has 0 saturated carbocycles. The van der Waals surface area contributed by atoms with E-state index in [1.807, 2.05) is 45.0 Å². The van der Waals surface area contributed by atoms with E-state index in [1.165, 1.54) is 4.68 Å². The first-order chi connectivity index (χ1) is 16.5. The number of para-hydroxylation sites is 1. The number of aromatic nitrogens is 2. The molecule has 7 nitrogen and oxygen atoms in total. The van der Waals surface area contributed by atoms with E-state index in [9.17, 15) is 9.59 Å². The van der Waals surface area contributed by atoms with Gasteiger partial charge in [0.1, 0.15) is 5.82 Å². The van der Waals surface area contributed by atoms with Crippen molar-refractivity contribution in [3.8, 4) is 11.5 Å². The molecule has 172 valence electrons. The van der Waals surface area contributed by atoms with Gasteiger partial charge >= 0.3 is 5.97 Å². The van der Waals surface area contributed by atoms with Gasteiger partial charge in [0.2, 0.25) is 0 Å². The van der Waals surface area contributed by atoms with Gasteiger partial charge in [0.25, 0.3) is 5.56 Å². The number of nitrogens with zero attached hydrogens (tertiary/aromatic N) is 3. The summed E-state index contributed by atoms with van der Waals surface area (Å²) in [5.41, 5.74) is 2.53. The van der Waals surface area contributed by atoms with Crippen molar-refractivity contribution in [2.24, 2.45) is 5.10 Å². The third kappa shape index (κ3) is 4.88. The van der Waals surface area contributed by atoms with E-state index in [2.05, 4.69) is 10.1 Å². The Kier molecular flexibility index (Phi) is 6.82. The van der Waals surface area contributed by atoms with Crippen LogP contribution in [0.2, 0.25) is 0 Å². The van der Waals surface area contributed by atoms with Crippen molar-refractivity contribution in [3.05, 3.63) is 99.6 Å². The molecular weight excluding hydrogens is 430 g/mol. The Balaban J connectivity index is 1.65. The molecule has 0 radical (unpaired) electrons. The predicted molar refractivity (Wildman–Crippen MR) is 132 cm³/mol. The third-order valence-corrected chi connectivity index (χ3v) is 5.18. The van der Waals surface area contributed by atoms with Crippen LogP contribution in [-0.4, -0.2) is 28.5 Å². The molecule has 0 bridgehead atoms. The molecule has 4 rings (SSSR count). The normalized spacial score (nSPS) is 11.1. The summed E-state index contributed by atoms with van der Waals surface area (Å²) in [6.45, 7) is 6.08. The van der Waals surface area contributed by atoms with Gasteiger partial charge in [0.15, 0.2) is 11.5 Å². The second-order valence-corrected chi connectivity index (χ2v) is 7.66. The molecule has 0 amide bonds. The molecule has 0 atom stereocenters. The third-order valence-electron chi connectivity index (χ3n) is 5.18. The summed E-state index contributed by atoms with van der Waals surface area (Å²) in [6, 6.07) is 19.5. The predicted octanol–water partition coefficient (Wildman–Crippen LogP) is 4.77. The molecule has 1 heterocycles. The van der Waals surface area contributed by atoms with Crippen LogP contribution in [0.4, 0.5) is 0 Å². The lowest BCUT2D eigenvalue weighted by atomic mass is 10.1. The van der Waals surface area contributed by atoms with E-state index in [0.29, 0.717) is 52.4 Å². The summed E-state index contributed by atoms with van der Waals surface area (Å²) in [4.78, 5) is 30.1. The first-order valence-electron chi connectivity index (χ1n) is 11.1. The molecule has 0 fully saturated rings. The van der Waals surface area contributed by atoms with Gasteiger partial charge < -0.3 is 9.47 Å². The maximum Gasteiger partial charge on any atom is 0.343 e. The number of hydrogen-bond acceptors (Lipinski definition) is 6. The molecule has 0 unspecified atom stereocenters. The van der Waals surface area contributed by atoms with Crippen LogP contribution in [0.3, 0.4) is 0 Å². The standard InChI is InChI=1S/C27H25N3O4/c1-4-25-29-22-12-7-6-11-21(22)26(31)30(25)28-17-19-13-14-23(24(16-19)33-5-2)34-27(32)20-10-8-9-18(3)15-20/h6-17H,4-5H2,1-3H3. The number of carbonyl (C=O) groups excluding carboxylic acids is 1. The first-order valence-corrected chi connectivity index (χ1v) is 11.1. The van der Waals surface area contributed by atoms with Gasteiger partial charge in [-0.1, -0.05) is 36.8 Å². The van der Waals surface area contributed by atoms with E-state index in [1.54, 1.807) is 48.7 Å². The van der Waals surface area contributed by atoms with Gasteiger partial charge in [-0.3, -0.25) is 4.79 Å². The summed E-state index contributed by atoms with van der Waals surface area (Å²) in [5, 5.41) is 4.90. The highest BCUT2D eigenvalue weighted by atomic mass is 16.6. The van der Waals surface area contributed by atoms with Crippen LogP contribution in [0.5, 0.6) is 11.5 Å². The van der Waals surface area contributed by atoms with Crippen LogP contribution in [0, 0.1) is 6.92 Å². The Morgan fingerprint density at radius 3 is 2.62 bits per heavy atom. The highest BCUT2D eigenvalue weighted by Crippen LogP contribution is 2.29. The molecule has 0 N–H and O–H groups in total. The first kappa shape index (κ1) is 22.9. The number of carbonyl (C=O) groups is 1. The Morgan fingerprint density at radius 2 is 1.85 bits per heavy atom. The fourth-order valence-corrected chi connectivity index (χ4v) is 3.53. The van der Waals surface area contributed by atoms with Gasteiger partial charge in [-0.15, -0.1) is 0 Å². The number of ether oxygens (including phenoxy) is 2. The fraction of sp³-hybridized carbons (Fsp3) is 0.185. The summed E-state index contributed by atoms with van der Waals surface area (Å²) >= 11 is 0. The zero-order valence-electron chi connectivity index (χ0n) is 19.3. The van der Waals surface area contributed by atoms with E-state index < -0.39 is 5.97 Å². The molecule has 0 aliphatic rings. The number of benzene rings is 3. The molecule has 1 aromatic heterocycles. The molecule has 7 heteroatoms. The summed E-state index contributed by atoms with van der Waals surface area (Å²) in [6.07, 6.45) is 2.11. The Labute approximate surface area is 197 Å². The topological polar surface area (TPSA) is 82.8 Å². The van der Waals surface area contributed by atoms with Gasteiger partial charge in [-0.05, 0) is 61.9 Å². The van der Waals surface area contributed by atoms with Crippen molar-refractivity contribution in [2.75, 3.05) is 6.61 Å². The fourth-order valence-electron chi connectivity index (χ4n) is 3.53. The highest BCUT2D eigenvalue weighted by molar-refractivity contribution is 5.92. The maximum atomic E-state index is 13.0. The van der Waals surface area contributed by atoms with Crippen molar-refractivity contribution >= 4 is 23.1 Å². The summed E-state index contributed by atoms with van der Waals surface area (Å²) in [5.74, 6) is 0.817. The van der Waals surface area contributed by atoms with Gasteiger partial charge in [-0.2, -0.15) is 9.78 Å². The molecule has 3 aromatic carbocycles. The number of hydrogen-bond donors (Lipinski definition) is 0. The van der Waals surface area contributed by atoms with Gasteiger partial charge in [0.05, 0.1) is 29.3 Å². The SMILES string of the molecule is CCOc1cc(C=Nn2c(CC)nc3ccccc3c2=O)ccc1OC(=O)c1cccc(C)c1. The average Bonchev–Trinajstić information content (AvgIpc) is 2.85. The summed E-state index contributed by atoms with van der Waals surface area (Å²) < 4.78 is 12.6. The van der Waals surface area contributed by atoms with Gasteiger partial charge in [-0.25, -0.2) is 9.78 Å². The van der Waals surface area contributed by atoms with E-state index >= 15 is 0 Å². The molecule has 0 aliphatic carbocycles. The van der Waals surface area contributed by atoms with Gasteiger partial charge in [0, 0.05) is 6.42 Å². The van der Waals surface area contributed by atoms with Crippen molar-refractivity contribution < 1.29 is 14.3 Å². The van der Waals surface area contributed by atoms with Crippen LogP contribution in [0.15, 0.2) is 76.6 Å². The average molecular weight is 456 g/mol. The second kappa shape index (κ2) is 10.1. The Bertz CT molecular complexity index is 1440. The Hall–Kier alpha value is -4.26. The van der Waals surface area contributed by atoms with E-state index in [4.69, 9.17) is 9.47 Å².